The number of nitriles is 1. The van der Waals surface area contributed by atoms with Gasteiger partial charge in [-0.1, -0.05) is 121 Å². The van der Waals surface area contributed by atoms with Crippen LogP contribution in [0.2, 0.25) is 0 Å². The van der Waals surface area contributed by atoms with Crippen molar-refractivity contribution in [3.8, 4) is 39.4 Å². The van der Waals surface area contributed by atoms with E-state index in [0.717, 1.165) is 5.56 Å². The standard InChI is InChI=1S/C39H23N/c40-24-25-13-15-28(16-14-25)31-19-17-29-18-20-34-36(27-7-2-1-3-8-27)23-37(35-22-21-33(31)38(29)39(34)35)32-12-6-10-26-9-4-5-11-30(26)32/h1-23H. The molecule has 0 fully saturated rings. The van der Waals surface area contributed by atoms with Crippen molar-refractivity contribution in [3.63, 3.8) is 0 Å². The van der Waals surface area contributed by atoms with Crippen LogP contribution in [0.15, 0.2) is 140 Å². The Kier molecular flexibility index (Phi) is 4.96. The van der Waals surface area contributed by atoms with Crippen molar-refractivity contribution in [2.24, 2.45) is 0 Å². The molecule has 0 aliphatic carbocycles. The molecule has 0 N–H and O–H groups in total. The van der Waals surface area contributed by atoms with Crippen LogP contribution < -0.4 is 0 Å². The Bertz CT molecular complexity index is 2250. The fraction of sp³-hybridized carbons (Fsp3) is 0. The number of hydrogen-bond donors (Lipinski definition) is 0. The molecule has 0 saturated heterocycles. The molecule has 0 aliphatic heterocycles. The zero-order valence-electron chi connectivity index (χ0n) is 21.7. The van der Waals surface area contributed by atoms with Gasteiger partial charge in [0.1, 0.15) is 0 Å². The van der Waals surface area contributed by atoms with E-state index in [0.29, 0.717) is 5.56 Å². The molecule has 0 heterocycles. The van der Waals surface area contributed by atoms with Crippen molar-refractivity contribution in [2.75, 3.05) is 0 Å². The maximum Gasteiger partial charge on any atom is 0.0991 e. The van der Waals surface area contributed by atoms with E-state index in [1.165, 1.54) is 70.9 Å². The third-order valence-electron chi connectivity index (χ3n) is 8.27. The van der Waals surface area contributed by atoms with Gasteiger partial charge in [-0.05, 0) is 94.7 Å². The Balaban J connectivity index is 1.53. The molecule has 0 aliphatic rings. The SMILES string of the molecule is N#Cc1ccc(-c2ccc3ccc4c(-c5ccccc5)cc(-c5cccc6ccccc56)c5ccc2c3c45)cc1. The second-order valence-corrected chi connectivity index (χ2v) is 10.4. The molecule has 0 bridgehead atoms. The first-order valence-corrected chi connectivity index (χ1v) is 13.6. The van der Waals surface area contributed by atoms with Gasteiger partial charge in [-0.3, -0.25) is 0 Å². The molecule has 184 valence electrons. The van der Waals surface area contributed by atoms with E-state index in [4.69, 9.17) is 0 Å². The van der Waals surface area contributed by atoms with Crippen LogP contribution in [-0.4, -0.2) is 0 Å². The Hall–Kier alpha value is -5.45. The van der Waals surface area contributed by atoms with Crippen molar-refractivity contribution in [1.29, 1.82) is 5.26 Å². The lowest BCUT2D eigenvalue weighted by molar-refractivity contribution is 1.48. The van der Waals surface area contributed by atoms with E-state index in [1.54, 1.807) is 0 Å². The maximum atomic E-state index is 9.31. The van der Waals surface area contributed by atoms with E-state index in [2.05, 4.69) is 133 Å². The van der Waals surface area contributed by atoms with Crippen LogP contribution in [0.4, 0.5) is 0 Å². The van der Waals surface area contributed by atoms with Crippen LogP contribution >= 0.6 is 0 Å². The zero-order valence-corrected chi connectivity index (χ0v) is 21.7. The Morgan fingerprint density at radius 1 is 0.375 bits per heavy atom. The van der Waals surface area contributed by atoms with Crippen LogP contribution in [0.25, 0.3) is 76.5 Å². The first kappa shape index (κ1) is 22.5. The summed E-state index contributed by atoms with van der Waals surface area (Å²) in [7, 11) is 0. The molecule has 0 spiro atoms. The molecule has 8 aromatic carbocycles. The molecule has 1 heteroatoms. The summed E-state index contributed by atoms with van der Waals surface area (Å²) in [5.74, 6) is 0. The summed E-state index contributed by atoms with van der Waals surface area (Å²) >= 11 is 0. The van der Waals surface area contributed by atoms with Crippen molar-refractivity contribution in [2.45, 2.75) is 0 Å². The first-order chi connectivity index (χ1) is 19.8. The lowest BCUT2D eigenvalue weighted by Gasteiger charge is -2.20. The zero-order chi connectivity index (χ0) is 26.6. The fourth-order valence-corrected chi connectivity index (χ4v) is 6.41. The molecule has 0 saturated carbocycles. The van der Waals surface area contributed by atoms with E-state index in [-0.39, 0.29) is 0 Å². The molecule has 1 nitrogen and oxygen atoms in total. The largest absolute Gasteiger partial charge is 0.192 e. The molecule has 8 rings (SSSR count). The first-order valence-electron chi connectivity index (χ1n) is 13.6. The topological polar surface area (TPSA) is 23.8 Å². The third-order valence-corrected chi connectivity index (χ3v) is 8.27. The monoisotopic (exact) mass is 505 g/mol. The maximum absolute atomic E-state index is 9.31. The van der Waals surface area contributed by atoms with Crippen molar-refractivity contribution in [3.05, 3.63) is 145 Å². The van der Waals surface area contributed by atoms with Crippen LogP contribution in [0, 0.1) is 11.3 Å². The number of fused-ring (bicyclic) bond motifs is 1. The highest BCUT2D eigenvalue weighted by atomic mass is 14.2. The van der Waals surface area contributed by atoms with Gasteiger partial charge in [-0.2, -0.15) is 5.26 Å². The van der Waals surface area contributed by atoms with Gasteiger partial charge in [-0.15, -0.1) is 0 Å². The average molecular weight is 506 g/mol. The Morgan fingerprint density at radius 3 is 1.85 bits per heavy atom. The van der Waals surface area contributed by atoms with Crippen LogP contribution in [0.1, 0.15) is 5.56 Å². The lowest BCUT2D eigenvalue weighted by atomic mass is 9.83. The van der Waals surface area contributed by atoms with Gasteiger partial charge in [0, 0.05) is 0 Å². The van der Waals surface area contributed by atoms with Crippen LogP contribution in [-0.2, 0) is 0 Å². The minimum atomic E-state index is 0.675. The van der Waals surface area contributed by atoms with Crippen LogP contribution in [0.5, 0.6) is 0 Å². The second-order valence-electron chi connectivity index (χ2n) is 10.4. The molecule has 0 unspecified atom stereocenters. The van der Waals surface area contributed by atoms with Gasteiger partial charge in [0.15, 0.2) is 0 Å². The molecule has 0 atom stereocenters. The van der Waals surface area contributed by atoms with Crippen LogP contribution in [0.3, 0.4) is 0 Å². The summed E-state index contributed by atoms with van der Waals surface area (Å²) in [4.78, 5) is 0. The average Bonchev–Trinajstić information content (AvgIpc) is 3.03. The minimum absolute atomic E-state index is 0.675. The van der Waals surface area contributed by atoms with Gasteiger partial charge in [0.2, 0.25) is 0 Å². The highest BCUT2D eigenvalue weighted by molar-refractivity contribution is 6.30. The summed E-state index contributed by atoms with van der Waals surface area (Å²) in [6, 6.07) is 52.2. The van der Waals surface area contributed by atoms with E-state index >= 15 is 0 Å². The third kappa shape index (κ3) is 3.34. The van der Waals surface area contributed by atoms with E-state index in [1.807, 2.05) is 12.1 Å². The molecule has 0 radical (unpaired) electrons. The Morgan fingerprint density at radius 2 is 1.02 bits per heavy atom. The number of nitrogens with zero attached hydrogens (tertiary/aromatic N) is 1. The second kappa shape index (κ2) is 8.80. The fourth-order valence-electron chi connectivity index (χ4n) is 6.41. The molecular weight excluding hydrogens is 482 g/mol. The predicted molar refractivity (Wildman–Crippen MR) is 169 cm³/mol. The molecule has 40 heavy (non-hydrogen) atoms. The van der Waals surface area contributed by atoms with E-state index in [9.17, 15) is 5.26 Å². The van der Waals surface area contributed by atoms with Crippen molar-refractivity contribution in [1.82, 2.24) is 0 Å². The number of rotatable bonds is 3. The van der Waals surface area contributed by atoms with Gasteiger partial charge < -0.3 is 0 Å². The normalized spacial score (nSPS) is 11.5. The number of hydrogen-bond acceptors (Lipinski definition) is 1. The smallest absolute Gasteiger partial charge is 0.0991 e. The Labute approximate surface area is 232 Å². The number of benzene rings is 8. The lowest BCUT2D eigenvalue weighted by Crippen LogP contribution is -1.93. The summed E-state index contributed by atoms with van der Waals surface area (Å²) in [5, 5.41) is 19.4. The van der Waals surface area contributed by atoms with Gasteiger partial charge in [-0.25, -0.2) is 0 Å². The summed E-state index contributed by atoms with van der Waals surface area (Å²) in [5.41, 5.74) is 7.94. The molecule has 0 amide bonds. The highest BCUT2D eigenvalue weighted by Gasteiger charge is 2.19. The van der Waals surface area contributed by atoms with Gasteiger partial charge in [0.25, 0.3) is 0 Å². The van der Waals surface area contributed by atoms with Gasteiger partial charge >= 0.3 is 0 Å². The minimum Gasteiger partial charge on any atom is -0.192 e. The van der Waals surface area contributed by atoms with E-state index < -0.39 is 0 Å². The van der Waals surface area contributed by atoms with Gasteiger partial charge in [0.05, 0.1) is 11.6 Å². The van der Waals surface area contributed by atoms with Crippen molar-refractivity contribution >= 4 is 43.1 Å². The summed E-state index contributed by atoms with van der Waals surface area (Å²) in [6.07, 6.45) is 0. The molecule has 0 aromatic heterocycles. The predicted octanol–water partition coefficient (Wildman–Crippen LogP) is 10.6. The summed E-state index contributed by atoms with van der Waals surface area (Å²) < 4.78 is 0. The molecule has 8 aromatic rings. The highest BCUT2D eigenvalue weighted by Crippen LogP contribution is 2.46. The quantitative estimate of drug-likeness (QED) is 0.219. The molecular formula is C39H23N. The van der Waals surface area contributed by atoms with Crippen molar-refractivity contribution < 1.29 is 0 Å². The summed E-state index contributed by atoms with van der Waals surface area (Å²) in [6.45, 7) is 0.